The fourth-order valence-corrected chi connectivity index (χ4v) is 3.38. The van der Waals surface area contributed by atoms with Crippen LogP contribution in [0.2, 0.25) is 0 Å². The Balaban J connectivity index is 1.39. The number of aromatic nitrogens is 2. The smallest absolute Gasteiger partial charge is 0.270 e. The van der Waals surface area contributed by atoms with Crippen molar-refractivity contribution in [3.63, 3.8) is 0 Å². The molecule has 164 valence electrons. The Labute approximate surface area is 178 Å². The van der Waals surface area contributed by atoms with Crippen molar-refractivity contribution in [2.75, 3.05) is 19.8 Å². The second-order valence-corrected chi connectivity index (χ2v) is 7.39. The van der Waals surface area contributed by atoms with E-state index in [2.05, 4.69) is 20.4 Å². The van der Waals surface area contributed by atoms with Gasteiger partial charge in [-0.05, 0) is 30.7 Å². The summed E-state index contributed by atoms with van der Waals surface area (Å²) in [5, 5.41) is 16.0. The molecule has 1 amide bonds. The normalized spacial score (nSPS) is 23.2. The van der Waals surface area contributed by atoms with Gasteiger partial charge in [-0.1, -0.05) is 17.3 Å². The van der Waals surface area contributed by atoms with Gasteiger partial charge in [0.2, 0.25) is 0 Å². The minimum absolute atomic E-state index is 0.0930. The lowest BCUT2D eigenvalue weighted by Gasteiger charge is -2.30. The molecule has 2 aromatic rings. The van der Waals surface area contributed by atoms with Crippen molar-refractivity contribution in [2.45, 2.75) is 38.2 Å². The van der Waals surface area contributed by atoms with Crippen molar-refractivity contribution in [2.24, 2.45) is 5.16 Å². The number of hydrogen-bond acceptors (Lipinski definition) is 8. The van der Waals surface area contributed by atoms with Gasteiger partial charge >= 0.3 is 0 Å². The third kappa shape index (κ3) is 5.22. The number of aliphatic hydroxyl groups excluding tert-OH is 1. The van der Waals surface area contributed by atoms with Gasteiger partial charge in [-0.3, -0.25) is 4.79 Å². The van der Waals surface area contributed by atoms with E-state index < -0.39 is 5.91 Å². The number of nitrogens with one attached hydrogen (secondary N) is 1. The molecule has 1 saturated heterocycles. The van der Waals surface area contributed by atoms with Gasteiger partial charge < -0.3 is 24.7 Å². The molecule has 9 nitrogen and oxygen atoms in total. The zero-order valence-electron chi connectivity index (χ0n) is 17.0. The Hall–Kier alpha value is -2.95. The fourth-order valence-electron chi connectivity index (χ4n) is 3.38. The molecule has 2 aliphatic heterocycles. The van der Waals surface area contributed by atoms with Crippen molar-refractivity contribution >= 4 is 11.6 Å². The number of benzene rings is 1. The van der Waals surface area contributed by atoms with Gasteiger partial charge in [0.25, 0.3) is 5.91 Å². The molecule has 31 heavy (non-hydrogen) atoms. The molecule has 0 bridgehead atoms. The standard InChI is InChI=1S/C21H23FN4O5/c1-12-24-16(17-7-19(31-26-17)20-11-29-15(9-27)10-30-20)6-18(25-12)21(28)23-8-13-3-2-4-14(22)5-13/h2-6,15,19-20,27H,7-11H2,1H3,(H,23,28)/t15-,19?,20-/m1/s1. The van der Waals surface area contributed by atoms with E-state index in [4.69, 9.17) is 19.4 Å². The van der Waals surface area contributed by atoms with Crippen LogP contribution >= 0.6 is 0 Å². The molecule has 1 aromatic carbocycles. The van der Waals surface area contributed by atoms with Crippen LogP contribution in [0.1, 0.15) is 34.0 Å². The number of aliphatic hydroxyl groups is 1. The van der Waals surface area contributed by atoms with Crippen LogP contribution < -0.4 is 5.32 Å². The highest BCUT2D eigenvalue weighted by Crippen LogP contribution is 2.23. The number of amides is 1. The Morgan fingerprint density at radius 2 is 2.10 bits per heavy atom. The largest absolute Gasteiger partial charge is 0.394 e. The van der Waals surface area contributed by atoms with Crippen molar-refractivity contribution in [3.8, 4) is 0 Å². The highest BCUT2D eigenvalue weighted by molar-refractivity contribution is 6.02. The number of aryl methyl sites for hydroxylation is 1. The maximum absolute atomic E-state index is 13.3. The predicted octanol–water partition coefficient (Wildman–Crippen LogP) is 1.12. The average molecular weight is 430 g/mol. The molecule has 4 rings (SSSR count). The van der Waals surface area contributed by atoms with Gasteiger partial charge in [-0.15, -0.1) is 0 Å². The predicted molar refractivity (Wildman–Crippen MR) is 107 cm³/mol. The zero-order valence-corrected chi connectivity index (χ0v) is 17.0. The van der Waals surface area contributed by atoms with E-state index in [9.17, 15) is 9.18 Å². The molecule has 0 spiro atoms. The molecule has 0 aliphatic carbocycles. The molecule has 1 aromatic heterocycles. The zero-order chi connectivity index (χ0) is 21.8. The first-order valence-corrected chi connectivity index (χ1v) is 9.97. The summed E-state index contributed by atoms with van der Waals surface area (Å²) < 4.78 is 24.5. The quantitative estimate of drug-likeness (QED) is 0.706. The van der Waals surface area contributed by atoms with Crippen molar-refractivity contribution in [3.05, 3.63) is 58.9 Å². The van der Waals surface area contributed by atoms with Crippen LogP contribution in [-0.2, 0) is 20.9 Å². The van der Waals surface area contributed by atoms with E-state index in [1.807, 2.05) is 0 Å². The van der Waals surface area contributed by atoms with E-state index in [1.165, 1.54) is 12.1 Å². The second-order valence-electron chi connectivity index (χ2n) is 7.39. The number of carbonyl (C=O) groups excluding carboxylic acids is 1. The molecule has 0 radical (unpaired) electrons. The van der Waals surface area contributed by atoms with Gasteiger partial charge in [0.05, 0.1) is 25.5 Å². The van der Waals surface area contributed by atoms with E-state index in [0.29, 0.717) is 42.4 Å². The van der Waals surface area contributed by atoms with Crippen LogP contribution in [0.4, 0.5) is 4.39 Å². The highest BCUT2D eigenvalue weighted by Gasteiger charge is 2.35. The maximum atomic E-state index is 13.3. The van der Waals surface area contributed by atoms with Crippen LogP contribution in [0.3, 0.4) is 0 Å². The van der Waals surface area contributed by atoms with Crippen LogP contribution in [0.25, 0.3) is 0 Å². The number of hydrogen-bond donors (Lipinski definition) is 2. The monoisotopic (exact) mass is 430 g/mol. The molecule has 0 saturated carbocycles. The summed E-state index contributed by atoms with van der Waals surface area (Å²) in [6.45, 7) is 2.36. The molecule has 1 unspecified atom stereocenters. The summed E-state index contributed by atoms with van der Waals surface area (Å²) in [5.74, 6) is -0.339. The van der Waals surface area contributed by atoms with Crippen molar-refractivity contribution < 1.29 is 28.6 Å². The number of nitrogens with zero attached hydrogens (tertiary/aromatic N) is 3. The van der Waals surface area contributed by atoms with E-state index in [0.717, 1.165) is 0 Å². The maximum Gasteiger partial charge on any atom is 0.270 e. The minimum Gasteiger partial charge on any atom is -0.394 e. The summed E-state index contributed by atoms with van der Waals surface area (Å²) in [5.41, 5.74) is 1.92. The van der Waals surface area contributed by atoms with E-state index in [1.54, 1.807) is 25.1 Å². The Kier molecular flexibility index (Phi) is 6.50. The minimum atomic E-state index is -0.397. The topological polar surface area (TPSA) is 115 Å². The Morgan fingerprint density at radius 3 is 2.84 bits per heavy atom. The van der Waals surface area contributed by atoms with Gasteiger partial charge in [0, 0.05) is 13.0 Å². The Bertz CT molecular complexity index is 978. The summed E-state index contributed by atoms with van der Waals surface area (Å²) in [7, 11) is 0. The highest BCUT2D eigenvalue weighted by atomic mass is 19.1. The first kappa shape index (κ1) is 21.3. The molecule has 1 fully saturated rings. The summed E-state index contributed by atoms with van der Waals surface area (Å²) in [6.07, 6.45) is -0.522. The number of halogens is 1. The number of oxime groups is 1. The average Bonchev–Trinajstić information content (AvgIpc) is 3.27. The van der Waals surface area contributed by atoms with Crippen molar-refractivity contribution in [1.29, 1.82) is 0 Å². The van der Waals surface area contributed by atoms with Crippen molar-refractivity contribution in [1.82, 2.24) is 15.3 Å². The molecule has 3 heterocycles. The first-order valence-electron chi connectivity index (χ1n) is 9.97. The molecule has 2 aliphatic rings. The lowest BCUT2D eigenvalue weighted by atomic mass is 10.0. The third-order valence-corrected chi connectivity index (χ3v) is 5.01. The molecule has 3 atom stereocenters. The van der Waals surface area contributed by atoms with Crippen LogP contribution in [0.5, 0.6) is 0 Å². The third-order valence-electron chi connectivity index (χ3n) is 5.01. The van der Waals surface area contributed by atoms with Gasteiger partial charge in [-0.25, -0.2) is 14.4 Å². The molecular formula is C21H23FN4O5. The number of rotatable bonds is 6. The Morgan fingerprint density at radius 1 is 1.23 bits per heavy atom. The van der Waals surface area contributed by atoms with E-state index >= 15 is 0 Å². The van der Waals surface area contributed by atoms with Gasteiger partial charge in [-0.2, -0.15) is 0 Å². The first-order chi connectivity index (χ1) is 15.0. The molecule has 2 N–H and O–H groups in total. The number of ether oxygens (including phenoxy) is 2. The van der Waals surface area contributed by atoms with Crippen LogP contribution in [0.15, 0.2) is 35.5 Å². The van der Waals surface area contributed by atoms with Crippen LogP contribution in [0, 0.1) is 12.7 Å². The summed E-state index contributed by atoms with van der Waals surface area (Å²) >= 11 is 0. The van der Waals surface area contributed by atoms with Crippen LogP contribution in [-0.4, -0.2) is 64.8 Å². The second kappa shape index (κ2) is 9.46. The fraction of sp³-hybridized carbons (Fsp3) is 0.429. The molecule has 10 heteroatoms. The molecular weight excluding hydrogens is 407 g/mol. The lowest BCUT2D eigenvalue weighted by Crippen LogP contribution is -2.43. The van der Waals surface area contributed by atoms with Gasteiger partial charge in [0.1, 0.15) is 35.3 Å². The van der Waals surface area contributed by atoms with E-state index in [-0.39, 0.29) is 43.0 Å². The SMILES string of the molecule is Cc1nc(C(=O)NCc2cccc(F)c2)cc(C2=NOC([C@H]3CO[C@H](CO)CO3)C2)n1. The summed E-state index contributed by atoms with van der Waals surface area (Å²) in [4.78, 5) is 26.7. The number of carbonyl (C=O) groups is 1. The lowest BCUT2D eigenvalue weighted by molar-refractivity contribution is -0.178. The van der Waals surface area contributed by atoms with Gasteiger partial charge in [0.15, 0.2) is 6.10 Å². The summed E-state index contributed by atoms with van der Waals surface area (Å²) in [6, 6.07) is 7.58.